The monoisotopic (exact) mass is 1270 g/mol. The Morgan fingerprint density at radius 1 is 0.820 bits per heavy atom. The lowest BCUT2D eigenvalue weighted by molar-refractivity contribution is -0.179. The molecule has 2 aliphatic heterocycles. The van der Waals surface area contributed by atoms with Gasteiger partial charge in [-0.25, -0.2) is 4.79 Å². The van der Waals surface area contributed by atoms with E-state index in [1.165, 1.54) is 31.1 Å². The van der Waals surface area contributed by atoms with Gasteiger partial charge in [-0.3, -0.25) is 38.4 Å². The zero-order valence-corrected chi connectivity index (χ0v) is 53.9. The zero-order valence-electron chi connectivity index (χ0n) is 53.2. The number of rotatable bonds is 35. The van der Waals surface area contributed by atoms with E-state index in [-0.39, 0.29) is 102 Å². The Morgan fingerprint density at radius 2 is 1.47 bits per heavy atom. The summed E-state index contributed by atoms with van der Waals surface area (Å²) < 4.78 is 49.9. The fraction of sp³-hybridized carbons (Fsp3) is 0.609. The van der Waals surface area contributed by atoms with Crippen molar-refractivity contribution < 1.29 is 85.8 Å². The molecule has 0 radical (unpaired) electrons. The number of benzene rings is 2. The van der Waals surface area contributed by atoms with Gasteiger partial charge in [0.2, 0.25) is 35.4 Å². The average molecular weight is 1270 g/mol. The highest BCUT2D eigenvalue weighted by Crippen LogP contribution is 2.45. The number of amides is 6. The number of epoxide rings is 1. The lowest BCUT2D eigenvalue weighted by Crippen LogP contribution is -2.54. The Hall–Kier alpha value is -6.96. The first-order valence-corrected chi connectivity index (χ1v) is 30.6. The van der Waals surface area contributed by atoms with Crippen LogP contribution in [0, 0.1) is 23.2 Å². The molecule has 1 saturated heterocycles. The van der Waals surface area contributed by atoms with Gasteiger partial charge in [-0.05, 0) is 73.9 Å². The predicted molar refractivity (Wildman–Crippen MR) is 329 cm³/mol. The fourth-order valence-corrected chi connectivity index (χ4v) is 9.47. The quantitative estimate of drug-likeness (QED) is 0.0203. The predicted octanol–water partition coefficient (Wildman–Crippen LogP) is 4.81. The largest absolute Gasteiger partial charge is 0.495 e. The molecule has 8 atom stereocenters. The molecule has 6 amide bonds. The summed E-state index contributed by atoms with van der Waals surface area (Å²) in [6, 6.07) is 9.29. The number of carbonyl (C=O) groups is 9. The summed E-state index contributed by atoms with van der Waals surface area (Å²) in [5, 5.41) is 14.1. The van der Waals surface area contributed by atoms with Crippen molar-refractivity contribution in [2.24, 2.45) is 23.2 Å². The van der Waals surface area contributed by atoms with Crippen molar-refractivity contribution in [1.82, 2.24) is 31.5 Å². The SMILES string of the molecule is C=CCOC(=O)CCN(CCC(=O)N[C@H](C(=O)N[C@@H](C)C(=O)NCc1ccc([C@H]2O[C@@H]2[C@@H](C)[C@@H]2C/C=C/C(=O)N[C@@H](Cc3ccc(OC)c(Cl)c3)C(=O)NCC(C)(C)C(=O)O[C@@H](CC(C)C)C(=O)O2)cc1)C(C)C)C(=O)CCOCCOCCOCCOC. The zero-order chi connectivity index (χ0) is 65.6. The molecule has 0 saturated carbocycles. The van der Waals surface area contributed by atoms with Gasteiger partial charge in [0.25, 0.3) is 0 Å². The van der Waals surface area contributed by atoms with Crippen LogP contribution in [0.2, 0.25) is 5.02 Å². The first-order chi connectivity index (χ1) is 42.4. The van der Waals surface area contributed by atoms with Crippen molar-refractivity contribution in [3.8, 4) is 5.75 Å². The van der Waals surface area contributed by atoms with Crippen molar-refractivity contribution in [2.45, 2.75) is 143 Å². The number of carbonyl (C=O) groups excluding carboxylic acids is 9. The van der Waals surface area contributed by atoms with E-state index in [9.17, 15) is 43.2 Å². The summed E-state index contributed by atoms with van der Waals surface area (Å²) >= 11 is 6.39. The molecule has 494 valence electrons. The van der Waals surface area contributed by atoms with Gasteiger partial charge in [-0.15, -0.1) is 0 Å². The number of ether oxygens (including phenoxy) is 9. The van der Waals surface area contributed by atoms with Gasteiger partial charge < -0.3 is 74.1 Å². The molecule has 0 unspecified atom stereocenters. The molecule has 25 heteroatoms. The second kappa shape index (κ2) is 38.6. The molecule has 4 rings (SSSR count). The van der Waals surface area contributed by atoms with Crippen molar-refractivity contribution in [1.29, 1.82) is 0 Å². The average Bonchev–Trinajstić information content (AvgIpc) is 2.12. The summed E-state index contributed by atoms with van der Waals surface area (Å²) in [7, 11) is 3.07. The maximum Gasteiger partial charge on any atom is 0.347 e. The van der Waals surface area contributed by atoms with E-state index < -0.39 is 101 Å². The highest BCUT2D eigenvalue weighted by molar-refractivity contribution is 6.32. The first-order valence-electron chi connectivity index (χ1n) is 30.2. The lowest BCUT2D eigenvalue weighted by Gasteiger charge is -2.29. The molecule has 24 nitrogen and oxygen atoms in total. The number of cyclic esters (lactones) is 2. The van der Waals surface area contributed by atoms with Crippen LogP contribution < -0.4 is 31.3 Å². The van der Waals surface area contributed by atoms with Crippen molar-refractivity contribution >= 4 is 65.0 Å². The topological polar surface area (TPSA) is 303 Å². The highest BCUT2D eigenvalue weighted by atomic mass is 35.5. The molecule has 1 fully saturated rings. The van der Waals surface area contributed by atoms with E-state index >= 15 is 0 Å². The van der Waals surface area contributed by atoms with Gasteiger partial charge in [0.05, 0.1) is 82.7 Å². The molecule has 0 spiro atoms. The van der Waals surface area contributed by atoms with Crippen LogP contribution in [0.3, 0.4) is 0 Å². The number of hydrogen-bond acceptors (Lipinski definition) is 18. The molecule has 0 aliphatic carbocycles. The smallest absolute Gasteiger partial charge is 0.347 e. The van der Waals surface area contributed by atoms with Crippen molar-refractivity contribution in [2.75, 3.05) is 86.7 Å². The molecule has 2 aromatic carbocycles. The molecular formula is C64H93ClN6O18. The minimum Gasteiger partial charge on any atom is -0.495 e. The Morgan fingerprint density at radius 3 is 2.10 bits per heavy atom. The number of hydrogen-bond donors (Lipinski definition) is 5. The second-order valence-electron chi connectivity index (χ2n) is 23.3. The van der Waals surface area contributed by atoms with E-state index in [4.69, 9.17) is 54.2 Å². The molecule has 2 heterocycles. The van der Waals surface area contributed by atoms with E-state index in [0.717, 1.165) is 11.1 Å². The van der Waals surface area contributed by atoms with Crippen molar-refractivity contribution in [3.05, 3.63) is 89.0 Å². The van der Waals surface area contributed by atoms with E-state index in [2.05, 4.69) is 33.2 Å². The van der Waals surface area contributed by atoms with E-state index in [1.54, 1.807) is 59.1 Å². The fourth-order valence-electron chi connectivity index (χ4n) is 9.19. The van der Waals surface area contributed by atoms with Gasteiger partial charge in [-0.2, -0.15) is 0 Å². The van der Waals surface area contributed by atoms with Crippen molar-refractivity contribution in [3.63, 3.8) is 0 Å². The summed E-state index contributed by atoms with van der Waals surface area (Å²) in [6.45, 7) is 19.6. The minimum absolute atomic E-state index is 0.00925. The number of halogens is 1. The normalized spacial score (nSPS) is 20.1. The van der Waals surface area contributed by atoms with Gasteiger partial charge in [0, 0.05) is 58.5 Å². The third-order valence-corrected chi connectivity index (χ3v) is 14.9. The van der Waals surface area contributed by atoms with Crippen LogP contribution in [0.15, 0.2) is 67.3 Å². The van der Waals surface area contributed by atoms with Crippen LogP contribution in [0.5, 0.6) is 5.75 Å². The number of esters is 3. The molecule has 5 N–H and O–H groups in total. The van der Waals surface area contributed by atoms with Gasteiger partial charge in [0.1, 0.15) is 42.7 Å². The number of methoxy groups -OCH3 is 2. The van der Waals surface area contributed by atoms with Gasteiger partial charge in [-0.1, -0.05) is 95.3 Å². The molecule has 0 bridgehead atoms. The standard InChI is InChI=1S/C64H93ClN6O18/c1-12-27-86-55(75)23-26-71(54(74)24-28-83-31-32-85-34-33-84-30-29-81-10)25-22-53(73)70-56(41(4)5)61(78)68-43(7)59(76)66-38-44-16-19-46(20-17-44)58-57(89-58)42(6)49-14-13-15-52(72)69-48(37-45-18-21-50(82-11)47(65)36-45)60(77)67-39-64(8,9)63(80)88-51(35-40(2)3)62(79)87-49/h12-13,15-21,36,40-43,48-49,51,56-58H,1,14,22-35,37-39H2,2-11H3,(H,66,76)(H,67,77)(H,68,78)(H,69,72)(H,70,73)/b15-13+/t42-,43-,48-,49-,51-,56-,57+,58+/m0/s1. The summed E-state index contributed by atoms with van der Waals surface area (Å²) in [5.41, 5.74) is 0.907. The van der Waals surface area contributed by atoms with Crippen LogP contribution in [-0.4, -0.2) is 181 Å². The Balaban J connectivity index is 1.34. The van der Waals surface area contributed by atoms with Crippen LogP contribution in [0.25, 0.3) is 0 Å². The highest BCUT2D eigenvalue weighted by Gasteiger charge is 2.48. The Kier molecular flexibility index (Phi) is 32.3. The first kappa shape index (κ1) is 74.5. The second-order valence-corrected chi connectivity index (χ2v) is 23.7. The molecule has 89 heavy (non-hydrogen) atoms. The molecular weight excluding hydrogens is 1180 g/mol. The van der Waals surface area contributed by atoms with Crippen LogP contribution in [0.4, 0.5) is 0 Å². The Bertz CT molecular complexity index is 2690. The minimum atomic E-state index is -1.29. The summed E-state index contributed by atoms with van der Waals surface area (Å²) in [5.74, 6) is -5.56. The summed E-state index contributed by atoms with van der Waals surface area (Å²) in [4.78, 5) is 122. The Labute approximate surface area is 527 Å². The summed E-state index contributed by atoms with van der Waals surface area (Å²) in [6.07, 6.45) is 1.30. The van der Waals surface area contributed by atoms with Crippen LogP contribution in [-0.2, 0) is 94.0 Å². The van der Waals surface area contributed by atoms with E-state index in [0.29, 0.717) is 49.4 Å². The maximum absolute atomic E-state index is 14.0. The molecule has 2 aromatic rings. The molecule has 0 aromatic heterocycles. The third-order valence-electron chi connectivity index (χ3n) is 14.6. The van der Waals surface area contributed by atoms with Crippen LogP contribution in [0.1, 0.15) is 110 Å². The third kappa shape index (κ3) is 26.6. The van der Waals surface area contributed by atoms with E-state index in [1.807, 2.05) is 45.0 Å². The van der Waals surface area contributed by atoms with Gasteiger partial charge >= 0.3 is 17.9 Å². The van der Waals surface area contributed by atoms with Crippen LogP contribution >= 0.6 is 11.6 Å². The maximum atomic E-state index is 14.0. The number of nitrogens with one attached hydrogen (secondary N) is 5. The molecule has 2 aliphatic rings. The number of nitrogens with zero attached hydrogens (tertiary/aromatic N) is 1. The lowest BCUT2D eigenvalue weighted by atomic mass is 9.92. The van der Waals surface area contributed by atoms with Gasteiger partial charge in [0.15, 0.2) is 6.10 Å².